The summed E-state index contributed by atoms with van der Waals surface area (Å²) in [5.74, 6) is 2.90. The predicted octanol–water partition coefficient (Wildman–Crippen LogP) is 13.0. The third kappa shape index (κ3) is 17.5. The van der Waals surface area contributed by atoms with Crippen LogP contribution in [-0.4, -0.2) is 117 Å². The van der Waals surface area contributed by atoms with Gasteiger partial charge in [-0.1, -0.05) is 112 Å². The first-order valence-electron chi connectivity index (χ1n) is 31.0. The summed E-state index contributed by atoms with van der Waals surface area (Å²) in [5, 5.41) is 16.7. The Labute approximate surface area is 536 Å². The van der Waals surface area contributed by atoms with Crippen molar-refractivity contribution in [2.45, 2.75) is 97.3 Å². The molecule has 0 saturated heterocycles. The molecule has 7 aromatic carbocycles. The van der Waals surface area contributed by atoms with E-state index in [1.807, 2.05) is 148 Å². The zero-order chi connectivity index (χ0) is 63.7. The number of carbonyl (C=O) groups excluding carboxylic acids is 3. The fourth-order valence-electron chi connectivity index (χ4n) is 11.0. The Bertz CT molecular complexity index is 3710. The Morgan fingerprint density at radius 1 is 0.626 bits per heavy atom. The molecule has 0 fully saturated rings. The number of nitrogens with one attached hydrogen (secondary N) is 2. The molecule has 0 spiro atoms. The van der Waals surface area contributed by atoms with Crippen LogP contribution in [-0.2, 0) is 61.2 Å². The average molecular weight is 1250 g/mol. The molecule has 1 aliphatic carbocycles. The van der Waals surface area contributed by atoms with Crippen molar-refractivity contribution in [3.05, 3.63) is 203 Å². The van der Waals surface area contributed by atoms with Gasteiger partial charge >= 0.3 is 6.09 Å². The van der Waals surface area contributed by atoms with Crippen LogP contribution in [0.25, 0.3) is 20.5 Å². The highest BCUT2D eigenvalue weighted by Crippen LogP contribution is 2.48. The topological polar surface area (TPSA) is 193 Å². The summed E-state index contributed by atoms with van der Waals surface area (Å²) < 4.78 is 49.5. The summed E-state index contributed by atoms with van der Waals surface area (Å²) in [4.78, 5) is 58.0. The zero-order valence-electron chi connectivity index (χ0n) is 52.2. The number of benzene rings is 7. The summed E-state index contributed by atoms with van der Waals surface area (Å²) in [6.45, 7) is 10.8. The zero-order valence-corrected chi connectivity index (χ0v) is 53.0. The van der Waals surface area contributed by atoms with Gasteiger partial charge in [0.1, 0.15) is 73.3 Å². The third-order valence-corrected chi connectivity index (χ3v) is 17.4. The minimum atomic E-state index is -1.27. The fraction of sp³-hybridized carbons (Fsp3) is 0.342. The van der Waals surface area contributed by atoms with Gasteiger partial charge in [0, 0.05) is 30.1 Å². The number of carboxylic acid groups (broad SMARTS) is 1. The number of aryl methyl sites for hydroxylation is 1. The molecule has 18 heteroatoms. The molecule has 1 aliphatic heterocycles. The lowest BCUT2D eigenvalue weighted by Gasteiger charge is -2.42. The number of carbonyl (C=O) groups is 4. The van der Waals surface area contributed by atoms with E-state index in [-0.39, 0.29) is 31.5 Å². The van der Waals surface area contributed by atoms with Gasteiger partial charge in [-0.05, 0) is 149 Å². The number of fused-ring (bicyclic) bond motifs is 3. The lowest BCUT2D eigenvalue weighted by molar-refractivity contribution is -0.147. The molecule has 476 valence electrons. The number of hydrogen-bond donors (Lipinski definition) is 3. The van der Waals surface area contributed by atoms with Crippen LogP contribution in [0, 0.1) is 5.41 Å². The van der Waals surface area contributed by atoms with Crippen molar-refractivity contribution < 1.29 is 62.2 Å². The minimum absolute atomic E-state index is 0.0855. The van der Waals surface area contributed by atoms with Crippen molar-refractivity contribution in [1.29, 1.82) is 0 Å². The summed E-state index contributed by atoms with van der Waals surface area (Å²) in [6.07, 6.45) is 1.59. The first-order valence-corrected chi connectivity index (χ1v) is 31.8. The highest BCUT2D eigenvalue weighted by atomic mass is 32.1. The molecule has 3 N–H and O–H groups in total. The monoisotopic (exact) mass is 1250 g/mol. The van der Waals surface area contributed by atoms with Crippen LogP contribution in [0.4, 0.5) is 4.79 Å². The molecule has 17 nitrogen and oxygen atoms in total. The predicted molar refractivity (Wildman–Crippen MR) is 350 cm³/mol. The molecule has 0 unspecified atom stereocenters. The van der Waals surface area contributed by atoms with Crippen LogP contribution in [0.2, 0.25) is 0 Å². The maximum absolute atomic E-state index is 14.9. The van der Waals surface area contributed by atoms with E-state index in [0.717, 1.165) is 89.8 Å². The fourth-order valence-corrected chi connectivity index (χ4v) is 12.2. The molecular weight excluding hydrogens is 1170 g/mol. The van der Waals surface area contributed by atoms with Gasteiger partial charge in [-0.3, -0.25) is 19.3 Å². The Kier molecular flexibility index (Phi) is 22.3. The van der Waals surface area contributed by atoms with E-state index >= 15 is 0 Å². The van der Waals surface area contributed by atoms with Gasteiger partial charge in [-0.15, -0.1) is 11.3 Å². The van der Waals surface area contributed by atoms with Crippen molar-refractivity contribution in [2.24, 2.45) is 5.41 Å². The summed E-state index contributed by atoms with van der Waals surface area (Å²) in [5.41, 5.74) is 6.39. The van der Waals surface area contributed by atoms with E-state index in [4.69, 9.17) is 37.9 Å². The van der Waals surface area contributed by atoms with E-state index in [9.17, 15) is 24.3 Å². The number of rotatable bonds is 29. The lowest BCUT2D eigenvalue weighted by atomic mass is 9.83. The van der Waals surface area contributed by atoms with Crippen molar-refractivity contribution >= 4 is 45.2 Å². The van der Waals surface area contributed by atoms with E-state index < -0.39 is 41.4 Å². The highest BCUT2D eigenvalue weighted by molar-refractivity contribution is 7.22. The van der Waals surface area contributed by atoms with Gasteiger partial charge in [0.2, 0.25) is 17.7 Å². The number of nitrogens with zero attached hydrogens (tertiary/aromatic N) is 2. The molecule has 0 bridgehead atoms. The molecule has 0 radical (unpaired) electrons. The first-order chi connectivity index (χ1) is 44.1. The largest absolute Gasteiger partial charge is 0.491 e. The second-order valence-electron chi connectivity index (χ2n) is 23.7. The molecule has 4 amide bonds. The third-order valence-electron chi connectivity index (χ3n) is 16.3. The number of likely N-dealkylation sites (N-methyl/N-ethyl adjacent to an activating group) is 1. The van der Waals surface area contributed by atoms with Gasteiger partial charge < -0.3 is 58.5 Å². The normalized spacial score (nSPS) is 15.1. The molecule has 10 rings (SSSR count). The summed E-state index contributed by atoms with van der Waals surface area (Å²) in [7, 11) is 1.30. The Morgan fingerprint density at radius 3 is 1.82 bits per heavy atom. The molecule has 2 heterocycles. The van der Waals surface area contributed by atoms with Gasteiger partial charge in [0.15, 0.2) is 5.75 Å². The summed E-state index contributed by atoms with van der Waals surface area (Å²) in [6, 6.07) is 52.5. The molecule has 2 aliphatic rings. The standard InChI is InChI=1S/C73H80N4O13S/c1-49(76(5)72(81)82)69(78)75-68(73(2,3)4)71(80)77-46-55-43-59(28-25-54(55)44-64(77)70(79)74-63-22-14-20-52-19-12-13-21-61(52)63)87-42-40-85-38-36-83-35-37-84-39-41-86-56-29-31-58(32-30-56)90-66-62-34-33-60(89-48-51-17-10-7-11-18-51)45-65(62)91-67(66)53-23-26-57(27-24-53)88-47-50-15-8-6-9-16-50/h6-13,15-19,21,23-34,43,45,49,63-64,68H,14,20,22,35-42,44,46-48H2,1-5H3,(H,74,79)(H,75,78)(H,81,82)/t49-,63+,64-,68+/m0/s1. The second kappa shape index (κ2) is 31.2. The summed E-state index contributed by atoms with van der Waals surface area (Å²) >= 11 is 1.65. The lowest BCUT2D eigenvalue weighted by Crippen LogP contribution is -2.62. The maximum atomic E-state index is 14.9. The minimum Gasteiger partial charge on any atom is -0.491 e. The quantitative estimate of drug-likeness (QED) is 0.0375. The van der Waals surface area contributed by atoms with Crippen molar-refractivity contribution in [2.75, 3.05) is 59.9 Å². The van der Waals surface area contributed by atoms with Crippen molar-refractivity contribution in [3.8, 4) is 44.9 Å². The molecule has 4 atom stereocenters. The SMILES string of the molecule is C[C@@H](C(=O)N[C@H](C(=O)N1Cc2cc(OCCOCCOCCOCCOc3ccc(Oc4c(-c5ccc(OCc6ccccc6)cc5)sc5cc(OCc6ccccc6)ccc45)cc3)ccc2C[C@H]1C(=O)N[C@@H]1CCCc2ccccc21)C(C)(C)C)N(C)C(=O)O. The van der Waals surface area contributed by atoms with Gasteiger partial charge in [0.05, 0.1) is 50.6 Å². The second-order valence-corrected chi connectivity index (χ2v) is 24.8. The molecule has 91 heavy (non-hydrogen) atoms. The highest BCUT2D eigenvalue weighted by Gasteiger charge is 2.43. The average Bonchev–Trinajstić information content (AvgIpc) is 1.84. The molecule has 1 aromatic heterocycles. The molecular formula is C73H80N4O13S. The number of hydrogen-bond acceptors (Lipinski definition) is 13. The first kappa shape index (κ1) is 65.0. The van der Waals surface area contributed by atoms with Gasteiger partial charge in [-0.2, -0.15) is 0 Å². The number of ether oxygens (including phenoxy) is 8. The van der Waals surface area contributed by atoms with Crippen molar-refractivity contribution in [3.63, 3.8) is 0 Å². The molecule has 0 saturated carbocycles. The van der Waals surface area contributed by atoms with Gasteiger partial charge in [0.25, 0.3) is 0 Å². The van der Waals surface area contributed by atoms with Crippen LogP contribution < -0.4 is 34.3 Å². The van der Waals surface area contributed by atoms with Crippen LogP contribution in [0.1, 0.15) is 80.0 Å². The Hall–Kier alpha value is -8.94. The van der Waals surface area contributed by atoms with Crippen LogP contribution in [0.5, 0.6) is 34.5 Å². The smallest absolute Gasteiger partial charge is 0.407 e. The number of amides is 4. The Balaban J connectivity index is 0.657. The van der Waals surface area contributed by atoms with E-state index in [1.165, 1.54) is 19.5 Å². The van der Waals surface area contributed by atoms with E-state index in [2.05, 4.69) is 53.1 Å². The van der Waals surface area contributed by atoms with Crippen LogP contribution in [0.15, 0.2) is 170 Å². The van der Waals surface area contributed by atoms with Gasteiger partial charge in [-0.25, -0.2) is 4.79 Å². The van der Waals surface area contributed by atoms with Crippen molar-refractivity contribution in [1.82, 2.24) is 20.4 Å². The van der Waals surface area contributed by atoms with E-state index in [1.54, 1.807) is 16.2 Å². The maximum Gasteiger partial charge on any atom is 0.407 e. The van der Waals surface area contributed by atoms with E-state index in [0.29, 0.717) is 76.7 Å². The number of thiophene rings is 1. The molecule has 8 aromatic rings. The van der Waals surface area contributed by atoms with Crippen LogP contribution in [0.3, 0.4) is 0 Å². The van der Waals surface area contributed by atoms with Crippen LogP contribution >= 0.6 is 11.3 Å². The Morgan fingerprint density at radius 2 is 1.18 bits per heavy atom.